The molecule has 0 aliphatic carbocycles. The van der Waals surface area contributed by atoms with Crippen LogP contribution in [0.4, 0.5) is 5.69 Å². The van der Waals surface area contributed by atoms with Crippen LogP contribution in [0.3, 0.4) is 0 Å². The molecular formula is C15H24N2O. The van der Waals surface area contributed by atoms with Crippen LogP contribution in [0.15, 0.2) is 12.1 Å². The maximum Gasteiger partial charge on any atom is 0.229 e. The van der Waals surface area contributed by atoms with Crippen LogP contribution >= 0.6 is 0 Å². The predicted octanol–water partition coefficient (Wildman–Crippen LogP) is 2.56. The lowest BCUT2D eigenvalue weighted by Gasteiger charge is -2.25. The molecule has 0 heterocycles. The van der Waals surface area contributed by atoms with Gasteiger partial charge in [0.2, 0.25) is 5.91 Å². The van der Waals surface area contributed by atoms with E-state index in [1.807, 2.05) is 27.8 Å². The molecule has 3 nitrogen and oxygen atoms in total. The molecule has 1 rings (SSSR count). The fraction of sp³-hybridized carbons (Fsp3) is 0.533. The van der Waals surface area contributed by atoms with Crippen molar-refractivity contribution >= 4 is 11.6 Å². The van der Waals surface area contributed by atoms with Crippen LogP contribution in [-0.2, 0) is 4.79 Å². The van der Waals surface area contributed by atoms with Gasteiger partial charge in [-0.25, -0.2) is 0 Å². The van der Waals surface area contributed by atoms with Gasteiger partial charge >= 0.3 is 0 Å². The van der Waals surface area contributed by atoms with Gasteiger partial charge in [-0.05, 0) is 44.9 Å². The molecule has 18 heavy (non-hydrogen) atoms. The molecule has 1 aromatic rings. The Bertz CT molecular complexity index is 417. The third-order valence-corrected chi connectivity index (χ3v) is 3.32. The van der Waals surface area contributed by atoms with E-state index in [2.05, 4.69) is 19.1 Å². The van der Waals surface area contributed by atoms with Crippen LogP contribution in [0.5, 0.6) is 0 Å². The summed E-state index contributed by atoms with van der Waals surface area (Å²) in [6.45, 7) is 8.65. The Labute approximate surface area is 110 Å². The fourth-order valence-electron chi connectivity index (χ4n) is 2.52. The van der Waals surface area contributed by atoms with Crippen molar-refractivity contribution in [2.24, 2.45) is 11.7 Å². The molecule has 0 saturated heterocycles. The molecular weight excluding hydrogens is 224 g/mol. The highest BCUT2D eigenvalue weighted by molar-refractivity contribution is 5.95. The van der Waals surface area contributed by atoms with Gasteiger partial charge in [-0.15, -0.1) is 0 Å². The summed E-state index contributed by atoms with van der Waals surface area (Å²) in [5.41, 5.74) is 10.0. The zero-order chi connectivity index (χ0) is 13.9. The molecule has 1 aromatic carbocycles. The normalized spacial score (nSPS) is 12.3. The van der Waals surface area contributed by atoms with Crippen LogP contribution in [0.25, 0.3) is 0 Å². The van der Waals surface area contributed by atoms with Gasteiger partial charge in [0.25, 0.3) is 0 Å². The molecule has 0 radical (unpaired) electrons. The van der Waals surface area contributed by atoms with Crippen LogP contribution in [0.1, 0.15) is 30.0 Å². The summed E-state index contributed by atoms with van der Waals surface area (Å²) in [7, 11) is 1.85. The molecule has 0 aromatic heterocycles. The summed E-state index contributed by atoms with van der Waals surface area (Å²) in [5, 5.41) is 0. The third kappa shape index (κ3) is 3.10. The molecule has 100 valence electrons. The van der Waals surface area contributed by atoms with E-state index in [9.17, 15) is 4.79 Å². The van der Waals surface area contributed by atoms with Crippen molar-refractivity contribution in [3.63, 3.8) is 0 Å². The first-order valence-electron chi connectivity index (χ1n) is 6.44. The van der Waals surface area contributed by atoms with Crippen molar-refractivity contribution in [2.45, 2.75) is 34.1 Å². The number of benzene rings is 1. The van der Waals surface area contributed by atoms with Gasteiger partial charge < -0.3 is 10.6 Å². The van der Waals surface area contributed by atoms with Gasteiger partial charge in [0.05, 0.1) is 0 Å². The van der Waals surface area contributed by atoms with E-state index in [1.54, 1.807) is 4.90 Å². The van der Waals surface area contributed by atoms with E-state index in [0.29, 0.717) is 6.54 Å². The zero-order valence-corrected chi connectivity index (χ0v) is 12.1. The number of nitrogens with two attached hydrogens (primary N) is 1. The Morgan fingerprint density at radius 2 is 1.78 bits per heavy atom. The Morgan fingerprint density at radius 1 is 1.28 bits per heavy atom. The van der Waals surface area contributed by atoms with Gasteiger partial charge in [0.15, 0.2) is 0 Å². The van der Waals surface area contributed by atoms with E-state index in [0.717, 1.165) is 23.2 Å². The summed E-state index contributed by atoms with van der Waals surface area (Å²) in [6, 6.07) is 4.22. The summed E-state index contributed by atoms with van der Waals surface area (Å²) in [5.74, 6) is 0.107. The minimum Gasteiger partial charge on any atom is -0.330 e. The lowest BCUT2D eigenvalue weighted by atomic mass is 10.0. The summed E-state index contributed by atoms with van der Waals surface area (Å²) < 4.78 is 0. The molecule has 0 spiro atoms. The van der Waals surface area contributed by atoms with Gasteiger partial charge in [0.1, 0.15) is 0 Å². The second-order valence-electron chi connectivity index (χ2n) is 5.12. The van der Waals surface area contributed by atoms with Crippen molar-refractivity contribution in [3.05, 3.63) is 28.8 Å². The van der Waals surface area contributed by atoms with Crippen LogP contribution in [-0.4, -0.2) is 19.5 Å². The first-order valence-corrected chi connectivity index (χ1v) is 6.44. The SMILES string of the molecule is Cc1cc(C)c(N(C)C(=O)C(C)CCN)c(C)c1. The molecule has 0 saturated carbocycles. The van der Waals surface area contributed by atoms with E-state index >= 15 is 0 Å². The average Bonchev–Trinajstić information content (AvgIpc) is 2.26. The second-order valence-corrected chi connectivity index (χ2v) is 5.12. The van der Waals surface area contributed by atoms with Crippen molar-refractivity contribution in [2.75, 3.05) is 18.5 Å². The first-order chi connectivity index (χ1) is 8.38. The number of anilines is 1. The highest BCUT2D eigenvalue weighted by atomic mass is 16.2. The van der Waals surface area contributed by atoms with Crippen molar-refractivity contribution < 1.29 is 4.79 Å². The highest BCUT2D eigenvalue weighted by Gasteiger charge is 2.20. The summed E-state index contributed by atoms with van der Waals surface area (Å²) in [6.07, 6.45) is 0.729. The number of carbonyl (C=O) groups excluding carboxylic acids is 1. The predicted molar refractivity (Wildman–Crippen MR) is 76.9 cm³/mol. The van der Waals surface area contributed by atoms with Crippen LogP contribution < -0.4 is 10.6 Å². The number of hydrogen-bond acceptors (Lipinski definition) is 2. The number of amides is 1. The van der Waals surface area contributed by atoms with Gasteiger partial charge in [-0.3, -0.25) is 4.79 Å². The van der Waals surface area contributed by atoms with Crippen LogP contribution in [0, 0.1) is 26.7 Å². The van der Waals surface area contributed by atoms with E-state index in [4.69, 9.17) is 5.73 Å². The average molecular weight is 248 g/mol. The van der Waals surface area contributed by atoms with Gasteiger partial charge in [-0.2, -0.15) is 0 Å². The summed E-state index contributed by atoms with van der Waals surface area (Å²) in [4.78, 5) is 14.1. The summed E-state index contributed by atoms with van der Waals surface area (Å²) >= 11 is 0. The smallest absolute Gasteiger partial charge is 0.229 e. The number of hydrogen-bond donors (Lipinski definition) is 1. The van der Waals surface area contributed by atoms with Crippen LogP contribution in [0.2, 0.25) is 0 Å². The number of carbonyl (C=O) groups is 1. The molecule has 3 heteroatoms. The number of aryl methyl sites for hydroxylation is 3. The number of rotatable bonds is 4. The third-order valence-electron chi connectivity index (χ3n) is 3.32. The highest BCUT2D eigenvalue weighted by Crippen LogP contribution is 2.26. The zero-order valence-electron chi connectivity index (χ0n) is 12.1. The molecule has 0 fully saturated rings. The number of nitrogens with zero attached hydrogens (tertiary/aromatic N) is 1. The molecule has 0 bridgehead atoms. The Hall–Kier alpha value is -1.35. The van der Waals surface area contributed by atoms with E-state index in [1.165, 1.54) is 5.56 Å². The van der Waals surface area contributed by atoms with Crippen molar-refractivity contribution in [3.8, 4) is 0 Å². The minimum atomic E-state index is -0.0277. The minimum absolute atomic E-state index is 0.0277. The maximum atomic E-state index is 12.3. The van der Waals surface area contributed by atoms with Gasteiger partial charge in [0, 0.05) is 18.7 Å². The van der Waals surface area contributed by atoms with E-state index < -0.39 is 0 Å². The monoisotopic (exact) mass is 248 g/mol. The molecule has 1 unspecified atom stereocenters. The molecule has 0 aliphatic heterocycles. The fourth-order valence-corrected chi connectivity index (χ4v) is 2.52. The Morgan fingerprint density at radius 3 is 2.22 bits per heavy atom. The largest absolute Gasteiger partial charge is 0.330 e. The lowest BCUT2D eigenvalue weighted by molar-refractivity contribution is -0.121. The second kappa shape index (κ2) is 6.01. The quantitative estimate of drug-likeness (QED) is 0.890. The van der Waals surface area contributed by atoms with E-state index in [-0.39, 0.29) is 11.8 Å². The van der Waals surface area contributed by atoms with Crippen molar-refractivity contribution in [1.29, 1.82) is 0 Å². The molecule has 1 amide bonds. The topological polar surface area (TPSA) is 46.3 Å². The van der Waals surface area contributed by atoms with Crippen molar-refractivity contribution in [1.82, 2.24) is 0 Å². The first kappa shape index (κ1) is 14.7. The molecule has 1 atom stereocenters. The standard InChI is InChI=1S/C15H24N2O/c1-10-8-12(3)14(13(4)9-10)17(5)15(18)11(2)6-7-16/h8-9,11H,6-7,16H2,1-5H3. The van der Waals surface area contributed by atoms with Gasteiger partial charge in [-0.1, -0.05) is 24.6 Å². The lowest BCUT2D eigenvalue weighted by Crippen LogP contribution is -2.33. The Kier molecular flexibility index (Phi) is 4.91. The Balaban J connectivity index is 3.04. The maximum absolute atomic E-state index is 12.3. The molecule has 2 N–H and O–H groups in total. The molecule has 0 aliphatic rings.